The summed E-state index contributed by atoms with van der Waals surface area (Å²) in [5, 5.41) is 12.8. The number of aromatic nitrogens is 4. The molecule has 0 radical (unpaired) electrons. The standard InChI is InChI=1S/C11H12N4O2/c1-6-7(2)12-8(3)13-10(6)15-5-4-9(14-15)11(16)17/h4-5H,1-3H3,(H,16,17). The molecule has 0 fully saturated rings. The van der Waals surface area contributed by atoms with E-state index in [0.29, 0.717) is 11.6 Å². The molecule has 0 spiro atoms. The molecule has 2 aromatic heterocycles. The van der Waals surface area contributed by atoms with Gasteiger partial charge < -0.3 is 5.11 Å². The molecule has 1 N–H and O–H groups in total. The number of nitrogens with zero attached hydrogens (tertiary/aromatic N) is 4. The van der Waals surface area contributed by atoms with E-state index >= 15 is 0 Å². The zero-order valence-corrected chi connectivity index (χ0v) is 9.80. The number of carboxylic acid groups (broad SMARTS) is 1. The van der Waals surface area contributed by atoms with Gasteiger partial charge in [0.1, 0.15) is 5.82 Å². The number of rotatable bonds is 2. The van der Waals surface area contributed by atoms with E-state index in [-0.39, 0.29) is 5.69 Å². The lowest BCUT2D eigenvalue weighted by molar-refractivity contribution is 0.0690. The molecule has 0 atom stereocenters. The van der Waals surface area contributed by atoms with Gasteiger partial charge in [-0.15, -0.1) is 0 Å². The Morgan fingerprint density at radius 3 is 2.59 bits per heavy atom. The van der Waals surface area contributed by atoms with E-state index in [4.69, 9.17) is 5.11 Å². The molecular formula is C11H12N4O2. The molecule has 6 nitrogen and oxygen atoms in total. The fourth-order valence-electron chi connectivity index (χ4n) is 1.53. The van der Waals surface area contributed by atoms with E-state index in [1.54, 1.807) is 13.1 Å². The van der Waals surface area contributed by atoms with Gasteiger partial charge in [-0.2, -0.15) is 5.10 Å². The van der Waals surface area contributed by atoms with Gasteiger partial charge in [-0.05, 0) is 26.8 Å². The van der Waals surface area contributed by atoms with Crippen LogP contribution in [0.3, 0.4) is 0 Å². The summed E-state index contributed by atoms with van der Waals surface area (Å²) >= 11 is 0. The van der Waals surface area contributed by atoms with Crippen LogP contribution in [-0.4, -0.2) is 30.8 Å². The summed E-state index contributed by atoms with van der Waals surface area (Å²) in [6.07, 6.45) is 1.58. The smallest absolute Gasteiger partial charge is 0.356 e. The third-order valence-corrected chi connectivity index (χ3v) is 2.50. The average molecular weight is 232 g/mol. The van der Waals surface area contributed by atoms with Crippen LogP contribution >= 0.6 is 0 Å². The molecule has 88 valence electrons. The molecular weight excluding hydrogens is 220 g/mol. The van der Waals surface area contributed by atoms with Crippen LogP contribution in [0.15, 0.2) is 12.3 Å². The molecule has 6 heteroatoms. The van der Waals surface area contributed by atoms with Crippen molar-refractivity contribution < 1.29 is 9.90 Å². The van der Waals surface area contributed by atoms with Crippen molar-refractivity contribution >= 4 is 5.97 Å². The second-order valence-corrected chi connectivity index (χ2v) is 3.76. The van der Waals surface area contributed by atoms with Crippen molar-refractivity contribution in [1.29, 1.82) is 0 Å². The van der Waals surface area contributed by atoms with Gasteiger partial charge in [0, 0.05) is 17.5 Å². The van der Waals surface area contributed by atoms with Crippen molar-refractivity contribution in [1.82, 2.24) is 19.7 Å². The average Bonchev–Trinajstić information content (AvgIpc) is 2.72. The topological polar surface area (TPSA) is 80.9 Å². The maximum absolute atomic E-state index is 10.8. The van der Waals surface area contributed by atoms with Gasteiger partial charge >= 0.3 is 5.97 Å². The van der Waals surface area contributed by atoms with Gasteiger partial charge in [-0.25, -0.2) is 19.4 Å². The summed E-state index contributed by atoms with van der Waals surface area (Å²) in [6.45, 7) is 5.55. The van der Waals surface area contributed by atoms with Crippen molar-refractivity contribution in [2.24, 2.45) is 0 Å². The van der Waals surface area contributed by atoms with Crippen LogP contribution in [0.4, 0.5) is 0 Å². The van der Waals surface area contributed by atoms with E-state index in [1.165, 1.54) is 10.7 Å². The zero-order valence-electron chi connectivity index (χ0n) is 9.80. The van der Waals surface area contributed by atoms with Crippen molar-refractivity contribution in [2.75, 3.05) is 0 Å². The summed E-state index contributed by atoms with van der Waals surface area (Å²) < 4.78 is 1.46. The van der Waals surface area contributed by atoms with Crippen molar-refractivity contribution in [3.63, 3.8) is 0 Å². The van der Waals surface area contributed by atoms with Gasteiger partial charge in [0.05, 0.1) is 0 Å². The molecule has 2 aromatic rings. The van der Waals surface area contributed by atoms with Crippen LogP contribution in [0.5, 0.6) is 0 Å². The van der Waals surface area contributed by atoms with E-state index in [9.17, 15) is 4.79 Å². The Kier molecular flexibility index (Phi) is 2.63. The first-order valence-electron chi connectivity index (χ1n) is 5.10. The summed E-state index contributed by atoms with van der Waals surface area (Å²) in [6, 6.07) is 1.44. The van der Waals surface area contributed by atoms with E-state index in [0.717, 1.165) is 11.3 Å². The maximum atomic E-state index is 10.8. The Labute approximate surface area is 98.0 Å². The number of carbonyl (C=O) groups is 1. The van der Waals surface area contributed by atoms with Crippen molar-refractivity contribution in [2.45, 2.75) is 20.8 Å². The summed E-state index contributed by atoms with van der Waals surface area (Å²) in [7, 11) is 0. The predicted molar refractivity (Wildman–Crippen MR) is 60.3 cm³/mol. The van der Waals surface area contributed by atoms with E-state index < -0.39 is 5.97 Å². The number of carboxylic acids is 1. The molecule has 0 aromatic carbocycles. The number of aromatic carboxylic acids is 1. The second kappa shape index (κ2) is 3.97. The van der Waals surface area contributed by atoms with Crippen LogP contribution in [-0.2, 0) is 0 Å². The highest BCUT2D eigenvalue weighted by Crippen LogP contribution is 2.13. The number of hydrogen-bond acceptors (Lipinski definition) is 4. The lowest BCUT2D eigenvalue weighted by Crippen LogP contribution is -2.08. The quantitative estimate of drug-likeness (QED) is 0.843. The Morgan fingerprint density at radius 2 is 2.00 bits per heavy atom. The van der Waals surface area contributed by atoms with Gasteiger partial charge in [0.2, 0.25) is 0 Å². The van der Waals surface area contributed by atoms with E-state index in [2.05, 4.69) is 15.1 Å². The number of hydrogen-bond donors (Lipinski definition) is 1. The van der Waals surface area contributed by atoms with Crippen LogP contribution in [0.1, 0.15) is 27.6 Å². The minimum atomic E-state index is -1.05. The first-order valence-corrected chi connectivity index (χ1v) is 5.10. The molecule has 17 heavy (non-hydrogen) atoms. The first-order chi connectivity index (χ1) is 7.99. The lowest BCUT2D eigenvalue weighted by Gasteiger charge is -2.07. The molecule has 2 heterocycles. The maximum Gasteiger partial charge on any atom is 0.356 e. The second-order valence-electron chi connectivity index (χ2n) is 3.76. The summed E-state index contributed by atoms with van der Waals surface area (Å²) in [5.41, 5.74) is 1.74. The zero-order chi connectivity index (χ0) is 12.6. The minimum absolute atomic E-state index is 0.00156. The molecule has 0 aliphatic carbocycles. The SMILES string of the molecule is Cc1nc(C)c(C)c(-n2ccc(C(=O)O)n2)n1. The molecule has 0 unspecified atom stereocenters. The van der Waals surface area contributed by atoms with Crippen LogP contribution < -0.4 is 0 Å². The first kappa shape index (κ1) is 11.3. The van der Waals surface area contributed by atoms with Crippen molar-refractivity contribution in [3.8, 4) is 5.82 Å². The third-order valence-electron chi connectivity index (χ3n) is 2.50. The predicted octanol–water partition coefficient (Wildman–Crippen LogP) is 1.29. The molecule has 2 rings (SSSR count). The molecule has 0 saturated heterocycles. The Balaban J connectivity index is 2.56. The van der Waals surface area contributed by atoms with Gasteiger partial charge in [-0.1, -0.05) is 0 Å². The Hall–Kier alpha value is -2.24. The molecule has 0 aliphatic heterocycles. The van der Waals surface area contributed by atoms with Crippen molar-refractivity contribution in [3.05, 3.63) is 35.0 Å². The van der Waals surface area contributed by atoms with Gasteiger partial charge in [0.15, 0.2) is 11.5 Å². The lowest BCUT2D eigenvalue weighted by atomic mass is 10.2. The monoisotopic (exact) mass is 232 g/mol. The third kappa shape index (κ3) is 2.01. The molecule has 0 amide bonds. The van der Waals surface area contributed by atoms with Crippen LogP contribution in [0.2, 0.25) is 0 Å². The van der Waals surface area contributed by atoms with Crippen LogP contribution in [0.25, 0.3) is 5.82 Å². The Morgan fingerprint density at radius 1 is 1.29 bits per heavy atom. The molecule has 0 saturated carbocycles. The minimum Gasteiger partial charge on any atom is -0.476 e. The van der Waals surface area contributed by atoms with Gasteiger partial charge in [-0.3, -0.25) is 0 Å². The summed E-state index contributed by atoms with van der Waals surface area (Å²) in [5.74, 6) is 0.196. The van der Waals surface area contributed by atoms with Gasteiger partial charge in [0.25, 0.3) is 0 Å². The largest absolute Gasteiger partial charge is 0.476 e. The normalized spacial score (nSPS) is 10.5. The summed E-state index contributed by atoms with van der Waals surface area (Å²) in [4.78, 5) is 19.3. The fourth-order valence-corrected chi connectivity index (χ4v) is 1.53. The van der Waals surface area contributed by atoms with Crippen LogP contribution in [0, 0.1) is 20.8 Å². The number of aryl methyl sites for hydroxylation is 2. The Bertz CT molecular complexity index is 589. The van der Waals surface area contributed by atoms with E-state index in [1.807, 2.05) is 13.8 Å². The molecule has 0 aliphatic rings. The highest BCUT2D eigenvalue weighted by atomic mass is 16.4. The highest BCUT2D eigenvalue weighted by molar-refractivity contribution is 5.85. The fraction of sp³-hybridized carbons (Fsp3) is 0.273. The highest BCUT2D eigenvalue weighted by Gasteiger charge is 2.12. The molecule has 0 bridgehead atoms.